The Bertz CT molecular complexity index is 459. The van der Waals surface area contributed by atoms with Gasteiger partial charge in [0.2, 0.25) is 5.91 Å². The lowest BCUT2D eigenvalue weighted by atomic mass is 10.2. The highest BCUT2D eigenvalue weighted by Crippen LogP contribution is 2.16. The number of amides is 1. The number of rotatable bonds is 4. The Kier molecular flexibility index (Phi) is 4.76. The molecule has 1 fully saturated rings. The number of carbonyl (C=O) groups is 1. The lowest BCUT2D eigenvalue weighted by Gasteiger charge is -2.28. The van der Waals surface area contributed by atoms with Gasteiger partial charge in [-0.2, -0.15) is 5.26 Å². The summed E-state index contributed by atoms with van der Waals surface area (Å²) in [7, 11) is 0. The Morgan fingerprint density at radius 1 is 1.32 bits per heavy atom. The van der Waals surface area contributed by atoms with E-state index in [1.165, 1.54) is 5.69 Å². The summed E-state index contributed by atoms with van der Waals surface area (Å²) in [5.41, 5.74) is 2.21. The van der Waals surface area contributed by atoms with Crippen molar-refractivity contribution in [2.24, 2.45) is 0 Å². The Morgan fingerprint density at radius 2 is 2.00 bits per heavy atom. The molecule has 1 aliphatic rings. The molecule has 5 heteroatoms. The van der Waals surface area contributed by atoms with Gasteiger partial charge in [0.15, 0.2) is 0 Å². The third kappa shape index (κ3) is 3.97. The van der Waals surface area contributed by atoms with E-state index in [9.17, 15) is 4.79 Å². The molecule has 1 aliphatic heterocycles. The summed E-state index contributed by atoms with van der Waals surface area (Å²) in [6.45, 7) is 3.83. The normalized spacial score (nSPS) is 14.8. The number of benzene rings is 1. The summed E-state index contributed by atoms with van der Waals surface area (Å²) in [6.07, 6.45) is -0.0914. The van der Waals surface area contributed by atoms with Crippen LogP contribution in [0.2, 0.25) is 0 Å². The highest BCUT2D eigenvalue weighted by atomic mass is 16.5. The maximum Gasteiger partial charge on any atom is 0.234 e. The fraction of sp³-hybridized carbons (Fsp3) is 0.429. The summed E-state index contributed by atoms with van der Waals surface area (Å²) < 4.78 is 5.32. The van der Waals surface area contributed by atoms with Crippen molar-refractivity contribution in [2.75, 3.05) is 31.2 Å². The van der Waals surface area contributed by atoms with Crippen molar-refractivity contribution in [3.8, 4) is 6.07 Å². The molecule has 0 aromatic heterocycles. The first-order chi connectivity index (χ1) is 9.29. The molecule has 19 heavy (non-hydrogen) atoms. The zero-order valence-corrected chi connectivity index (χ0v) is 10.8. The molecule has 0 radical (unpaired) electrons. The second-order valence-corrected chi connectivity index (χ2v) is 4.38. The summed E-state index contributed by atoms with van der Waals surface area (Å²) in [4.78, 5) is 13.5. The van der Waals surface area contributed by atoms with Crippen LogP contribution in [0.3, 0.4) is 0 Å². The average Bonchev–Trinajstić information content (AvgIpc) is 2.47. The third-order valence-corrected chi connectivity index (χ3v) is 3.04. The number of hydrogen-bond donors (Lipinski definition) is 1. The zero-order valence-electron chi connectivity index (χ0n) is 10.8. The predicted octanol–water partition coefficient (Wildman–Crippen LogP) is 1.05. The fourth-order valence-corrected chi connectivity index (χ4v) is 1.98. The molecule has 100 valence electrons. The first kappa shape index (κ1) is 13.4. The molecule has 0 unspecified atom stereocenters. The van der Waals surface area contributed by atoms with E-state index in [2.05, 4.69) is 22.3 Å². The van der Waals surface area contributed by atoms with Crippen molar-refractivity contribution in [2.45, 2.75) is 13.0 Å². The van der Waals surface area contributed by atoms with Crippen LogP contribution in [0.15, 0.2) is 24.3 Å². The van der Waals surface area contributed by atoms with Crippen molar-refractivity contribution in [1.29, 1.82) is 5.26 Å². The van der Waals surface area contributed by atoms with Gasteiger partial charge in [0, 0.05) is 25.3 Å². The first-order valence-corrected chi connectivity index (χ1v) is 6.35. The lowest BCUT2D eigenvalue weighted by Crippen LogP contribution is -2.36. The average molecular weight is 259 g/mol. The van der Waals surface area contributed by atoms with E-state index in [0.29, 0.717) is 6.54 Å². The minimum absolute atomic E-state index is 0.0914. The number of morpholine rings is 1. The van der Waals surface area contributed by atoms with E-state index < -0.39 is 0 Å². The van der Waals surface area contributed by atoms with Crippen LogP contribution in [-0.2, 0) is 16.1 Å². The van der Waals surface area contributed by atoms with Gasteiger partial charge in [0.25, 0.3) is 0 Å². The minimum atomic E-state index is -0.236. The van der Waals surface area contributed by atoms with Crippen LogP contribution in [0.4, 0.5) is 5.69 Å². The molecule has 2 rings (SSSR count). The fourth-order valence-electron chi connectivity index (χ4n) is 1.98. The molecule has 1 amide bonds. The van der Waals surface area contributed by atoms with Crippen molar-refractivity contribution < 1.29 is 9.53 Å². The number of nitrogens with zero attached hydrogens (tertiary/aromatic N) is 2. The minimum Gasteiger partial charge on any atom is -0.378 e. The molecule has 0 spiro atoms. The summed E-state index contributed by atoms with van der Waals surface area (Å²) >= 11 is 0. The number of carbonyl (C=O) groups excluding carboxylic acids is 1. The summed E-state index contributed by atoms with van der Waals surface area (Å²) in [5.74, 6) is -0.236. The van der Waals surface area contributed by atoms with Crippen LogP contribution in [0.25, 0.3) is 0 Å². The van der Waals surface area contributed by atoms with Gasteiger partial charge < -0.3 is 15.0 Å². The van der Waals surface area contributed by atoms with E-state index in [-0.39, 0.29) is 12.3 Å². The molecule has 1 aromatic rings. The van der Waals surface area contributed by atoms with Gasteiger partial charge >= 0.3 is 0 Å². The Labute approximate surface area is 112 Å². The Morgan fingerprint density at radius 3 is 2.63 bits per heavy atom. The summed E-state index contributed by atoms with van der Waals surface area (Å²) in [5, 5.41) is 11.1. The predicted molar refractivity (Wildman–Crippen MR) is 71.6 cm³/mol. The van der Waals surface area contributed by atoms with Gasteiger partial charge in [-0.3, -0.25) is 4.79 Å². The monoisotopic (exact) mass is 259 g/mol. The molecular weight excluding hydrogens is 242 g/mol. The third-order valence-electron chi connectivity index (χ3n) is 3.04. The van der Waals surface area contributed by atoms with Crippen molar-refractivity contribution in [3.63, 3.8) is 0 Å². The smallest absolute Gasteiger partial charge is 0.234 e. The van der Waals surface area contributed by atoms with Gasteiger partial charge in [-0.15, -0.1) is 0 Å². The van der Waals surface area contributed by atoms with Gasteiger partial charge in [-0.05, 0) is 17.7 Å². The highest BCUT2D eigenvalue weighted by molar-refractivity contribution is 5.77. The summed E-state index contributed by atoms with van der Waals surface area (Å²) in [6, 6.07) is 9.93. The van der Waals surface area contributed by atoms with Gasteiger partial charge in [-0.1, -0.05) is 12.1 Å². The molecule has 0 aliphatic carbocycles. The second kappa shape index (κ2) is 6.76. The number of anilines is 1. The van der Waals surface area contributed by atoms with Crippen LogP contribution in [-0.4, -0.2) is 32.2 Å². The number of ether oxygens (including phenoxy) is 1. The van der Waals surface area contributed by atoms with E-state index in [4.69, 9.17) is 10.00 Å². The molecule has 1 heterocycles. The molecule has 0 saturated carbocycles. The molecule has 5 nitrogen and oxygen atoms in total. The second-order valence-electron chi connectivity index (χ2n) is 4.38. The lowest BCUT2D eigenvalue weighted by molar-refractivity contribution is -0.120. The quantitative estimate of drug-likeness (QED) is 0.878. The molecule has 1 aromatic carbocycles. The van der Waals surface area contributed by atoms with Crippen LogP contribution in [0.1, 0.15) is 12.0 Å². The molecule has 1 saturated heterocycles. The number of nitrogens with one attached hydrogen (secondary N) is 1. The van der Waals surface area contributed by atoms with Crippen LogP contribution in [0, 0.1) is 11.3 Å². The highest BCUT2D eigenvalue weighted by Gasteiger charge is 2.10. The molecule has 0 atom stereocenters. The largest absolute Gasteiger partial charge is 0.378 e. The molecule has 1 N–H and O–H groups in total. The zero-order chi connectivity index (χ0) is 13.5. The van der Waals surface area contributed by atoms with E-state index in [1.807, 2.05) is 18.2 Å². The van der Waals surface area contributed by atoms with E-state index in [0.717, 1.165) is 31.9 Å². The van der Waals surface area contributed by atoms with Crippen LogP contribution >= 0.6 is 0 Å². The van der Waals surface area contributed by atoms with Crippen LogP contribution in [0.5, 0.6) is 0 Å². The SMILES string of the molecule is N#CCC(=O)NCc1ccc(N2CCOCC2)cc1. The number of nitriles is 1. The van der Waals surface area contributed by atoms with E-state index >= 15 is 0 Å². The molecule has 0 bridgehead atoms. The van der Waals surface area contributed by atoms with E-state index in [1.54, 1.807) is 0 Å². The standard InChI is InChI=1S/C14H17N3O2/c15-6-5-14(18)16-11-12-1-3-13(4-2-12)17-7-9-19-10-8-17/h1-4H,5,7-11H2,(H,16,18). The maximum atomic E-state index is 11.2. The van der Waals surface area contributed by atoms with Crippen molar-refractivity contribution >= 4 is 11.6 Å². The number of hydrogen-bond acceptors (Lipinski definition) is 4. The topological polar surface area (TPSA) is 65.4 Å². The van der Waals surface area contributed by atoms with Gasteiger partial charge in [0.05, 0.1) is 19.3 Å². The Balaban J connectivity index is 1.87. The maximum absolute atomic E-state index is 11.2. The van der Waals surface area contributed by atoms with Gasteiger partial charge in [-0.25, -0.2) is 0 Å². The van der Waals surface area contributed by atoms with Crippen molar-refractivity contribution in [1.82, 2.24) is 5.32 Å². The van der Waals surface area contributed by atoms with Gasteiger partial charge in [0.1, 0.15) is 6.42 Å². The van der Waals surface area contributed by atoms with Crippen LogP contribution < -0.4 is 10.2 Å². The first-order valence-electron chi connectivity index (χ1n) is 6.35. The van der Waals surface area contributed by atoms with Crippen molar-refractivity contribution in [3.05, 3.63) is 29.8 Å². The Hall–Kier alpha value is -2.06. The molecular formula is C14H17N3O2.